The lowest BCUT2D eigenvalue weighted by Crippen LogP contribution is -2.03. The van der Waals surface area contributed by atoms with E-state index < -0.39 is 17.5 Å². The van der Waals surface area contributed by atoms with Crippen LogP contribution in [0.15, 0.2) is 6.07 Å². The highest BCUT2D eigenvalue weighted by Crippen LogP contribution is 2.32. The van der Waals surface area contributed by atoms with Crippen LogP contribution in [-0.2, 0) is 0 Å². The van der Waals surface area contributed by atoms with E-state index in [-0.39, 0.29) is 10.9 Å². The van der Waals surface area contributed by atoms with Gasteiger partial charge in [0.1, 0.15) is 5.52 Å². The van der Waals surface area contributed by atoms with Crippen LogP contribution < -0.4 is 5.32 Å². The number of rotatable bonds is 1. The highest BCUT2D eigenvalue weighted by atomic mass is 19.2. The highest BCUT2D eigenvalue weighted by Gasteiger charge is 2.19. The first kappa shape index (κ1) is 11.7. The normalized spacial score (nSPS) is 10.9. The summed E-state index contributed by atoms with van der Waals surface area (Å²) in [6.45, 7) is 3.41. The van der Waals surface area contributed by atoms with E-state index in [0.717, 1.165) is 0 Å². The van der Waals surface area contributed by atoms with Gasteiger partial charge in [0.05, 0.1) is 11.1 Å². The molecule has 0 saturated carbocycles. The van der Waals surface area contributed by atoms with Gasteiger partial charge in [0.15, 0.2) is 17.5 Å². The Morgan fingerprint density at radius 1 is 1.12 bits per heavy atom. The summed E-state index contributed by atoms with van der Waals surface area (Å²) in [7, 11) is 1.57. The van der Waals surface area contributed by atoms with Crippen LogP contribution in [0.2, 0.25) is 0 Å². The second-order valence-corrected chi connectivity index (χ2v) is 3.83. The molecule has 0 amide bonds. The number of nitrogens with one attached hydrogen (secondary N) is 1. The number of fused-ring (bicyclic) bond motifs is 1. The number of aromatic nitrogens is 1. The van der Waals surface area contributed by atoms with Crippen molar-refractivity contribution in [2.45, 2.75) is 13.8 Å². The molecule has 2 aromatic rings. The van der Waals surface area contributed by atoms with Crippen LogP contribution in [0.25, 0.3) is 10.9 Å². The molecule has 0 fully saturated rings. The largest absolute Gasteiger partial charge is 0.387 e. The summed E-state index contributed by atoms with van der Waals surface area (Å²) in [4.78, 5) is 3.96. The minimum atomic E-state index is -1.21. The second kappa shape index (κ2) is 3.91. The third-order valence-electron chi connectivity index (χ3n) is 2.84. The van der Waals surface area contributed by atoms with Crippen LogP contribution in [-0.4, -0.2) is 12.0 Å². The first-order chi connectivity index (χ1) is 7.97. The summed E-state index contributed by atoms with van der Waals surface area (Å²) in [5.41, 5.74) is 1.45. The SMILES string of the molecule is CNc1c(C)c(C)nc2c(F)cc(F)c(F)c12. The van der Waals surface area contributed by atoms with Gasteiger partial charge in [0.2, 0.25) is 0 Å². The van der Waals surface area contributed by atoms with Crippen LogP contribution in [0.1, 0.15) is 11.3 Å². The summed E-state index contributed by atoms with van der Waals surface area (Å²) >= 11 is 0. The van der Waals surface area contributed by atoms with Crippen molar-refractivity contribution in [2.75, 3.05) is 12.4 Å². The van der Waals surface area contributed by atoms with Crippen molar-refractivity contribution >= 4 is 16.6 Å². The van der Waals surface area contributed by atoms with E-state index in [2.05, 4.69) is 10.3 Å². The average molecular weight is 240 g/mol. The number of pyridine rings is 1. The summed E-state index contributed by atoms with van der Waals surface area (Å²) in [6.07, 6.45) is 0. The van der Waals surface area contributed by atoms with E-state index in [0.29, 0.717) is 23.0 Å². The zero-order valence-electron chi connectivity index (χ0n) is 9.66. The zero-order chi connectivity index (χ0) is 12.7. The van der Waals surface area contributed by atoms with Gasteiger partial charge in [0, 0.05) is 18.8 Å². The van der Waals surface area contributed by atoms with Crippen LogP contribution in [0.3, 0.4) is 0 Å². The topological polar surface area (TPSA) is 24.9 Å². The van der Waals surface area contributed by atoms with Gasteiger partial charge in [-0.3, -0.25) is 0 Å². The number of hydrogen-bond donors (Lipinski definition) is 1. The molecular formula is C12H11F3N2. The molecule has 5 heteroatoms. The third-order valence-corrected chi connectivity index (χ3v) is 2.84. The monoisotopic (exact) mass is 240 g/mol. The highest BCUT2D eigenvalue weighted by molar-refractivity contribution is 5.94. The van der Waals surface area contributed by atoms with Gasteiger partial charge in [-0.2, -0.15) is 0 Å². The summed E-state index contributed by atoms with van der Waals surface area (Å²) in [5.74, 6) is -3.16. The summed E-state index contributed by atoms with van der Waals surface area (Å²) in [5, 5.41) is 2.62. The van der Waals surface area contributed by atoms with Gasteiger partial charge >= 0.3 is 0 Å². The Hall–Kier alpha value is -1.78. The Kier molecular flexibility index (Phi) is 2.69. The van der Waals surface area contributed by atoms with Crippen LogP contribution in [0.5, 0.6) is 0 Å². The molecule has 0 saturated heterocycles. The van der Waals surface area contributed by atoms with Crippen LogP contribution >= 0.6 is 0 Å². The molecule has 0 spiro atoms. The average Bonchev–Trinajstić information content (AvgIpc) is 2.28. The van der Waals surface area contributed by atoms with Crippen molar-refractivity contribution in [3.05, 3.63) is 34.8 Å². The fourth-order valence-electron chi connectivity index (χ4n) is 1.86. The molecule has 1 aromatic carbocycles. The predicted molar refractivity (Wildman–Crippen MR) is 60.6 cm³/mol. The van der Waals surface area contributed by atoms with Crippen molar-refractivity contribution in [3.8, 4) is 0 Å². The minimum absolute atomic E-state index is 0.145. The van der Waals surface area contributed by atoms with Crippen molar-refractivity contribution in [2.24, 2.45) is 0 Å². The van der Waals surface area contributed by atoms with E-state index in [1.165, 1.54) is 0 Å². The molecule has 0 aliphatic carbocycles. The molecule has 0 bridgehead atoms. The molecule has 2 rings (SSSR count). The molecule has 0 radical (unpaired) electrons. The van der Waals surface area contributed by atoms with E-state index in [1.54, 1.807) is 20.9 Å². The zero-order valence-corrected chi connectivity index (χ0v) is 9.66. The predicted octanol–water partition coefficient (Wildman–Crippen LogP) is 3.31. The minimum Gasteiger partial charge on any atom is -0.387 e. The Labute approximate surface area is 96.5 Å². The maximum absolute atomic E-state index is 13.7. The fraction of sp³-hybridized carbons (Fsp3) is 0.250. The lowest BCUT2D eigenvalue weighted by molar-refractivity contribution is 0.505. The Morgan fingerprint density at radius 2 is 1.76 bits per heavy atom. The van der Waals surface area contributed by atoms with Crippen molar-refractivity contribution in [1.82, 2.24) is 4.98 Å². The molecule has 0 aliphatic heterocycles. The molecule has 0 aliphatic rings. The third kappa shape index (κ3) is 1.62. The maximum Gasteiger partial charge on any atom is 0.170 e. The number of benzene rings is 1. The fourth-order valence-corrected chi connectivity index (χ4v) is 1.86. The number of halogens is 3. The van der Waals surface area contributed by atoms with E-state index in [1.807, 2.05) is 0 Å². The molecule has 0 unspecified atom stereocenters. The Morgan fingerprint density at radius 3 is 2.35 bits per heavy atom. The number of hydrogen-bond acceptors (Lipinski definition) is 2. The lowest BCUT2D eigenvalue weighted by atomic mass is 10.1. The first-order valence-corrected chi connectivity index (χ1v) is 5.09. The number of aryl methyl sites for hydroxylation is 1. The lowest BCUT2D eigenvalue weighted by Gasteiger charge is -2.13. The number of nitrogens with zero attached hydrogens (tertiary/aromatic N) is 1. The molecule has 1 N–H and O–H groups in total. The second-order valence-electron chi connectivity index (χ2n) is 3.83. The van der Waals surface area contributed by atoms with Gasteiger partial charge in [0.25, 0.3) is 0 Å². The van der Waals surface area contributed by atoms with E-state index in [9.17, 15) is 13.2 Å². The Bertz CT molecular complexity index is 609. The molecule has 2 nitrogen and oxygen atoms in total. The van der Waals surface area contributed by atoms with Crippen molar-refractivity contribution in [1.29, 1.82) is 0 Å². The molecule has 90 valence electrons. The molecule has 0 atom stereocenters. The summed E-state index contributed by atoms with van der Waals surface area (Å²) < 4.78 is 40.5. The summed E-state index contributed by atoms with van der Waals surface area (Å²) in [6, 6.07) is 0.513. The van der Waals surface area contributed by atoms with Gasteiger partial charge in [-0.1, -0.05) is 0 Å². The van der Waals surface area contributed by atoms with E-state index >= 15 is 0 Å². The quantitative estimate of drug-likeness (QED) is 0.773. The van der Waals surface area contributed by atoms with Crippen molar-refractivity contribution in [3.63, 3.8) is 0 Å². The number of anilines is 1. The van der Waals surface area contributed by atoms with Gasteiger partial charge in [-0.05, 0) is 19.4 Å². The maximum atomic E-state index is 13.7. The van der Waals surface area contributed by atoms with Gasteiger partial charge < -0.3 is 5.32 Å². The van der Waals surface area contributed by atoms with Crippen LogP contribution in [0.4, 0.5) is 18.9 Å². The van der Waals surface area contributed by atoms with Gasteiger partial charge in [-0.25, -0.2) is 18.2 Å². The smallest absolute Gasteiger partial charge is 0.170 e. The molecule has 1 aromatic heterocycles. The molecule has 1 heterocycles. The van der Waals surface area contributed by atoms with Crippen LogP contribution in [0, 0.1) is 31.3 Å². The van der Waals surface area contributed by atoms with Crippen molar-refractivity contribution < 1.29 is 13.2 Å². The standard InChI is InChI=1S/C12H11F3N2/c1-5-6(2)17-12-8(14)4-7(13)10(15)9(12)11(5)16-3/h4H,1-3H3,(H,16,17). The molecule has 17 heavy (non-hydrogen) atoms. The first-order valence-electron chi connectivity index (χ1n) is 5.09. The Balaban J connectivity index is 3.06. The van der Waals surface area contributed by atoms with Gasteiger partial charge in [-0.15, -0.1) is 0 Å². The van der Waals surface area contributed by atoms with E-state index in [4.69, 9.17) is 0 Å². The molecular weight excluding hydrogens is 229 g/mol.